The molecule has 1 spiro atoms. The normalized spacial score (nSPS) is 25.9. The molecule has 3 atom stereocenters. The summed E-state index contributed by atoms with van der Waals surface area (Å²) >= 11 is 0. The van der Waals surface area contributed by atoms with Gasteiger partial charge in [-0.15, -0.1) is 0 Å². The van der Waals surface area contributed by atoms with E-state index in [4.69, 9.17) is 11.5 Å². The highest BCUT2D eigenvalue weighted by Crippen LogP contribution is 2.56. The van der Waals surface area contributed by atoms with Crippen molar-refractivity contribution in [2.45, 2.75) is 58.0 Å². The number of nitrogens with two attached hydrogens (primary N) is 2. The van der Waals surface area contributed by atoms with E-state index in [2.05, 4.69) is 11.4 Å². The Morgan fingerprint density at radius 2 is 1.75 bits per heavy atom. The number of primary amides is 2. The number of β-lactam (4-membered cyclic amide) rings is 1. The van der Waals surface area contributed by atoms with Gasteiger partial charge in [-0.3, -0.25) is 19.2 Å². The Labute approximate surface area is 188 Å². The number of carbonyl (C=O) groups is 4. The summed E-state index contributed by atoms with van der Waals surface area (Å²) in [6, 6.07) is 11.5. The second-order valence-electron chi connectivity index (χ2n) is 8.88. The quantitative estimate of drug-likeness (QED) is 0.564. The molecule has 4 amide bonds. The fourth-order valence-corrected chi connectivity index (χ4v) is 4.33. The molecule has 1 aromatic carbocycles. The zero-order valence-electron chi connectivity index (χ0n) is 18.8. The van der Waals surface area contributed by atoms with E-state index in [1.807, 2.05) is 51.1 Å². The van der Waals surface area contributed by atoms with E-state index in [9.17, 15) is 24.4 Å². The third kappa shape index (κ3) is 4.90. The first-order valence-electron chi connectivity index (χ1n) is 10.6. The number of benzene rings is 1. The fraction of sp³-hybridized carbons (Fsp3) is 0.522. The molecule has 0 aliphatic carbocycles. The third-order valence-corrected chi connectivity index (χ3v) is 5.89. The molecule has 0 aromatic heterocycles. The van der Waals surface area contributed by atoms with Crippen LogP contribution in [0.4, 0.5) is 0 Å². The third-order valence-electron chi connectivity index (χ3n) is 5.89. The molecular formula is C23H31N5O4. The largest absolute Gasteiger partial charge is 0.370 e. The first-order valence-corrected chi connectivity index (χ1v) is 10.6. The maximum absolute atomic E-state index is 12.9. The van der Waals surface area contributed by atoms with Gasteiger partial charge in [-0.2, -0.15) is 5.26 Å². The molecule has 9 nitrogen and oxygen atoms in total. The van der Waals surface area contributed by atoms with Crippen LogP contribution < -0.4 is 16.8 Å². The average Bonchev–Trinajstić information content (AvgIpc) is 3.04. The molecule has 2 heterocycles. The van der Waals surface area contributed by atoms with Crippen LogP contribution in [-0.2, 0) is 19.2 Å². The lowest BCUT2D eigenvalue weighted by Crippen LogP contribution is -2.72. The topological polar surface area (TPSA) is 159 Å². The van der Waals surface area contributed by atoms with E-state index in [-0.39, 0.29) is 30.6 Å². The van der Waals surface area contributed by atoms with Gasteiger partial charge in [0.2, 0.25) is 23.6 Å². The number of hydrogen-bond donors (Lipinski definition) is 3. The Bertz CT molecular complexity index is 912. The van der Waals surface area contributed by atoms with E-state index in [1.54, 1.807) is 4.90 Å². The van der Waals surface area contributed by atoms with Crippen molar-refractivity contribution >= 4 is 23.6 Å². The Morgan fingerprint density at radius 1 is 1.19 bits per heavy atom. The van der Waals surface area contributed by atoms with Crippen LogP contribution >= 0.6 is 0 Å². The van der Waals surface area contributed by atoms with Gasteiger partial charge in [0.25, 0.3) is 0 Å². The summed E-state index contributed by atoms with van der Waals surface area (Å²) in [5.41, 5.74) is 8.81. The Balaban J connectivity index is 0.000000344. The van der Waals surface area contributed by atoms with Crippen molar-refractivity contribution in [1.29, 1.82) is 5.26 Å². The molecule has 0 saturated carbocycles. The van der Waals surface area contributed by atoms with Crippen molar-refractivity contribution in [3.8, 4) is 6.07 Å². The highest BCUT2D eigenvalue weighted by atomic mass is 16.2. The Morgan fingerprint density at radius 3 is 2.12 bits per heavy atom. The maximum Gasteiger partial charge on any atom is 0.248 e. The van der Waals surface area contributed by atoms with Crippen molar-refractivity contribution in [3.63, 3.8) is 0 Å². The van der Waals surface area contributed by atoms with Crippen LogP contribution in [0, 0.1) is 22.7 Å². The van der Waals surface area contributed by atoms with Gasteiger partial charge in [0.1, 0.15) is 5.54 Å². The van der Waals surface area contributed by atoms with Gasteiger partial charge in [-0.25, -0.2) is 0 Å². The lowest BCUT2D eigenvalue weighted by Gasteiger charge is -2.46. The van der Waals surface area contributed by atoms with Crippen LogP contribution in [0.2, 0.25) is 0 Å². The van der Waals surface area contributed by atoms with E-state index in [0.717, 1.165) is 5.56 Å². The highest BCUT2D eigenvalue weighted by molar-refractivity contribution is 5.98. The zero-order chi connectivity index (χ0) is 24.1. The summed E-state index contributed by atoms with van der Waals surface area (Å²) < 4.78 is 0. The van der Waals surface area contributed by atoms with E-state index < -0.39 is 28.8 Å². The molecular weight excluding hydrogens is 410 g/mol. The van der Waals surface area contributed by atoms with Crippen LogP contribution in [0.25, 0.3) is 0 Å². The van der Waals surface area contributed by atoms with Gasteiger partial charge >= 0.3 is 0 Å². The first-order chi connectivity index (χ1) is 15.0. The second-order valence-corrected chi connectivity index (χ2v) is 8.88. The molecule has 3 unspecified atom stereocenters. The van der Waals surface area contributed by atoms with Crippen LogP contribution in [0.1, 0.15) is 58.1 Å². The van der Waals surface area contributed by atoms with Gasteiger partial charge in [-0.1, -0.05) is 44.2 Å². The first kappa shape index (κ1) is 24.9. The van der Waals surface area contributed by atoms with Gasteiger partial charge < -0.3 is 21.7 Å². The van der Waals surface area contributed by atoms with Gasteiger partial charge in [0, 0.05) is 25.2 Å². The molecule has 2 fully saturated rings. The van der Waals surface area contributed by atoms with Crippen molar-refractivity contribution < 1.29 is 19.2 Å². The van der Waals surface area contributed by atoms with E-state index in [0.29, 0.717) is 19.4 Å². The lowest BCUT2D eigenvalue weighted by molar-refractivity contribution is -0.156. The molecule has 1 aromatic rings. The van der Waals surface area contributed by atoms with Gasteiger partial charge in [-0.05, 0) is 18.9 Å². The monoisotopic (exact) mass is 441 g/mol. The number of nitrogens with one attached hydrogen (secondary N) is 1. The minimum Gasteiger partial charge on any atom is -0.370 e. The van der Waals surface area contributed by atoms with Crippen LogP contribution in [-0.4, -0.2) is 40.6 Å². The lowest BCUT2D eigenvalue weighted by atomic mass is 9.75. The summed E-state index contributed by atoms with van der Waals surface area (Å²) in [5, 5.41) is 12.6. The van der Waals surface area contributed by atoms with Gasteiger partial charge in [0.05, 0.1) is 24.1 Å². The van der Waals surface area contributed by atoms with Crippen molar-refractivity contribution in [2.24, 2.45) is 22.8 Å². The number of rotatable bonds is 6. The molecule has 0 bridgehead atoms. The fourth-order valence-electron chi connectivity index (χ4n) is 4.33. The minimum absolute atomic E-state index is 0.0762. The molecule has 5 N–H and O–H groups in total. The predicted octanol–water partition coefficient (Wildman–Crippen LogP) is 1.14. The molecule has 2 aliphatic rings. The SMILES string of the molecule is CC(C)C(=O)N1C(c2ccccc2)C(C)(C#N)CC12CNC2=O.NC(=O)CCCC(N)=O. The van der Waals surface area contributed by atoms with Crippen LogP contribution in [0.15, 0.2) is 30.3 Å². The predicted molar refractivity (Wildman–Crippen MR) is 117 cm³/mol. The number of amides is 4. The molecule has 9 heteroatoms. The van der Waals surface area contributed by atoms with Crippen LogP contribution in [0.5, 0.6) is 0 Å². The minimum atomic E-state index is -0.883. The molecule has 32 heavy (non-hydrogen) atoms. The zero-order valence-corrected chi connectivity index (χ0v) is 18.8. The maximum atomic E-state index is 12.9. The van der Waals surface area contributed by atoms with Crippen molar-refractivity contribution in [2.75, 3.05) is 6.54 Å². The standard InChI is InChI=1S/C18H21N3O2.C5H10N2O2/c1-12(2)15(22)21-14(13-7-5-4-6-8-13)17(3,10-19)9-18(21)11-20-16(18)23;6-4(8)2-1-3-5(7)9/h4-8,12,14H,9,11H2,1-3H3,(H,20,23);1-3H2,(H2,6,8)(H2,7,9). The Hall–Kier alpha value is -3.41. The summed E-state index contributed by atoms with van der Waals surface area (Å²) in [6.07, 6.45) is 1.32. The summed E-state index contributed by atoms with van der Waals surface area (Å²) in [5.74, 6) is -1.24. The summed E-state index contributed by atoms with van der Waals surface area (Å²) in [4.78, 5) is 47.1. The number of nitriles is 1. The van der Waals surface area contributed by atoms with Crippen molar-refractivity contribution in [3.05, 3.63) is 35.9 Å². The number of hydrogen-bond acceptors (Lipinski definition) is 5. The second kappa shape index (κ2) is 9.81. The molecule has 172 valence electrons. The number of nitrogens with zero attached hydrogens (tertiary/aromatic N) is 2. The van der Waals surface area contributed by atoms with Crippen molar-refractivity contribution in [1.82, 2.24) is 10.2 Å². The molecule has 3 rings (SSSR count). The van der Waals surface area contributed by atoms with Crippen LogP contribution in [0.3, 0.4) is 0 Å². The smallest absolute Gasteiger partial charge is 0.248 e. The number of carbonyl (C=O) groups excluding carboxylic acids is 4. The average molecular weight is 442 g/mol. The highest BCUT2D eigenvalue weighted by Gasteiger charge is 2.67. The van der Waals surface area contributed by atoms with Gasteiger partial charge in [0.15, 0.2) is 0 Å². The summed E-state index contributed by atoms with van der Waals surface area (Å²) in [6.45, 7) is 5.93. The molecule has 2 aliphatic heterocycles. The molecule has 0 radical (unpaired) electrons. The Kier molecular flexibility index (Phi) is 7.62. The number of likely N-dealkylation sites (tertiary alicyclic amines) is 1. The molecule has 2 saturated heterocycles. The van der Waals surface area contributed by atoms with E-state index in [1.165, 1.54) is 0 Å². The van der Waals surface area contributed by atoms with E-state index >= 15 is 0 Å². The summed E-state index contributed by atoms with van der Waals surface area (Å²) in [7, 11) is 0.